The molecule has 1 fully saturated rings. The highest BCUT2D eigenvalue weighted by molar-refractivity contribution is 7.99. The van der Waals surface area contributed by atoms with Crippen LogP contribution in [0, 0.1) is 0 Å². The number of likely N-dealkylation sites (tertiary alicyclic amines) is 1. The van der Waals surface area contributed by atoms with E-state index in [2.05, 4.69) is 22.8 Å². The number of hydrogen-bond donors (Lipinski definition) is 2. The Balaban J connectivity index is 1.46. The fraction of sp³-hybridized carbons (Fsp3) is 0.556. The Labute approximate surface area is 147 Å². The third-order valence-electron chi connectivity index (χ3n) is 4.60. The minimum absolute atomic E-state index is 0.0715. The number of urea groups is 1. The van der Waals surface area contributed by atoms with Gasteiger partial charge in [-0.05, 0) is 30.9 Å². The van der Waals surface area contributed by atoms with Crippen LogP contribution in [-0.2, 0) is 4.79 Å². The van der Waals surface area contributed by atoms with E-state index in [1.165, 1.54) is 10.5 Å². The second-order valence-corrected chi connectivity index (χ2v) is 7.46. The van der Waals surface area contributed by atoms with Gasteiger partial charge in [-0.25, -0.2) is 4.79 Å². The third kappa shape index (κ3) is 4.44. The van der Waals surface area contributed by atoms with Gasteiger partial charge in [0.25, 0.3) is 0 Å². The molecule has 0 unspecified atom stereocenters. The zero-order chi connectivity index (χ0) is 16.8. The molecular formula is C18H25N3O2S. The number of nitrogens with zero attached hydrogens (tertiary/aromatic N) is 1. The molecule has 3 rings (SSSR count). The van der Waals surface area contributed by atoms with Crippen molar-refractivity contribution >= 4 is 23.7 Å². The number of nitrogens with one attached hydrogen (secondary N) is 2. The molecule has 3 amide bonds. The first-order valence-electron chi connectivity index (χ1n) is 8.78. The Hall–Kier alpha value is -1.69. The monoisotopic (exact) mass is 347 g/mol. The quantitative estimate of drug-likeness (QED) is 0.880. The molecule has 0 aromatic heterocycles. The number of amides is 3. The number of benzene rings is 1. The molecule has 0 saturated carbocycles. The minimum atomic E-state index is -0.149. The molecule has 130 valence electrons. The van der Waals surface area contributed by atoms with Gasteiger partial charge >= 0.3 is 6.03 Å². The lowest BCUT2D eigenvalue weighted by molar-refractivity contribution is -0.130. The Morgan fingerprint density at radius 3 is 3.04 bits per heavy atom. The summed E-state index contributed by atoms with van der Waals surface area (Å²) in [5.74, 6) is 1.23. The van der Waals surface area contributed by atoms with E-state index < -0.39 is 0 Å². The van der Waals surface area contributed by atoms with Gasteiger partial charge in [0.1, 0.15) is 0 Å². The van der Waals surface area contributed by atoms with Gasteiger partial charge in [-0.2, -0.15) is 0 Å². The fourth-order valence-electron chi connectivity index (χ4n) is 3.28. The number of carbonyl (C=O) groups is 2. The normalized spacial score (nSPS) is 20.9. The summed E-state index contributed by atoms with van der Waals surface area (Å²) < 4.78 is 0. The summed E-state index contributed by atoms with van der Waals surface area (Å²) in [5, 5.41) is 5.97. The van der Waals surface area contributed by atoms with Crippen LogP contribution < -0.4 is 10.6 Å². The van der Waals surface area contributed by atoms with Crippen molar-refractivity contribution in [2.75, 3.05) is 25.4 Å². The van der Waals surface area contributed by atoms with Crippen molar-refractivity contribution in [3.05, 3.63) is 29.8 Å². The molecule has 1 aromatic carbocycles. The summed E-state index contributed by atoms with van der Waals surface area (Å²) in [6, 6.07) is 8.17. The average molecular weight is 347 g/mol. The number of rotatable bonds is 4. The van der Waals surface area contributed by atoms with Crippen LogP contribution in [0.4, 0.5) is 4.79 Å². The predicted molar refractivity (Wildman–Crippen MR) is 96.1 cm³/mol. The summed E-state index contributed by atoms with van der Waals surface area (Å²) in [6.07, 6.45) is 4.76. The first-order chi connectivity index (χ1) is 11.7. The maximum atomic E-state index is 12.2. The van der Waals surface area contributed by atoms with Crippen LogP contribution in [0.1, 0.15) is 43.7 Å². The van der Waals surface area contributed by atoms with Crippen molar-refractivity contribution in [2.24, 2.45) is 0 Å². The molecule has 0 bridgehead atoms. The molecule has 24 heavy (non-hydrogen) atoms. The van der Waals surface area contributed by atoms with E-state index in [4.69, 9.17) is 0 Å². The predicted octanol–water partition coefficient (Wildman–Crippen LogP) is 2.93. The molecule has 0 spiro atoms. The van der Waals surface area contributed by atoms with E-state index in [0.717, 1.165) is 38.0 Å². The average Bonchev–Trinajstić information content (AvgIpc) is 2.80. The summed E-state index contributed by atoms with van der Waals surface area (Å²) in [6.45, 7) is 1.92. The molecule has 1 aromatic rings. The molecule has 2 N–H and O–H groups in total. The Bertz CT molecular complexity index is 593. The first kappa shape index (κ1) is 17.1. The number of thioether (sulfide) groups is 1. The highest BCUT2D eigenvalue weighted by Crippen LogP contribution is 2.35. The molecule has 1 atom stereocenters. The second kappa shape index (κ2) is 8.42. The van der Waals surface area contributed by atoms with Gasteiger partial charge in [-0.15, -0.1) is 11.8 Å². The van der Waals surface area contributed by atoms with E-state index in [1.54, 1.807) is 0 Å². The van der Waals surface area contributed by atoms with Gasteiger partial charge in [-0.1, -0.05) is 24.6 Å². The lowest BCUT2D eigenvalue weighted by Gasteiger charge is -2.26. The molecule has 0 radical (unpaired) electrons. The van der Waals surface area contributed by atoms with Crippen LogP contribution in [0.3, 0.4) is 0 Å². The number of hydrogen-bond acceptors (Lipinski definition) is 3. The van der Waals surface area contributed by atoms with Gasteiger partial charge < -0.3 is 15.5 Å². The lowest BCUT2D eigenvalue weighted by Crippen LogP contribution is -2.43. The van der Waals surface area contributed by atoms with Crippen molar-refractivity contribution < 1.29 is 9.59 Å². The Morgan fingerprint density at radius 2 is 2.12 bits per heavy atom. The van der Waals surface area contributed by atoms with E-state index in [-0.39, 0.29) is 18.0 Å². The summed E-state index contributed by atoms with van der Waals surface area (Å²) in [4.78, 5) is 27.2. The second-order valence-electron chi connectivity index (χ2n) is 6.32. The summed E-state index contributed by atoms with van der Waals surface area (Å²) in [5.41, 5.74) is 1.20. The molecular weight excluding hydrogens is 322 g/mol. The van der Waals surface area contributed by atoms with Crippen LogP contribution in [0.5, 0.6) is 0 Å². The maximum absolute atomic E-state index is 12.2. The van der Waals surface area contributed by atoms with Crippen LogP contribution >= 0.6 is 11.8 Å². The van der Waals surface area contributed by atoms with E-state index >= 15 is 0 Å². The summed E-state index contributed by atoms with van der Waals surface area (Å²) >= 11 is 1.84. The van der Waals surface area contributed by atoms with Crippen LogP contribution in [0.25, 0.3) is 0 Å². The summed E-state index contributed by atoms with van der Waals surface area (Å²) in [7, 11) is 0. The van der Waals surface area contributed by atoms with Crippen molar-refractivity contribution in [3.63, 3.8) is 0 Å². The molecule has 6 heteroatoms. The Kier molecular flexibility index (Phi) is 6.01. The van der Waals surface area contributed by atoms with Crippen LogP contribution in [0.15, 0.2) is 29.2 Å². The van der Waals surface area contributed by atoms with Crippen molar-refractivity contribution in [3.8, 4) is 0 Å². The third-order valence-corrected chi connectivity index (χ3v) is 5.73. The van der Waals surface area contributed by atoms with Crippen molar-refractivity contribution in [2.45, 2.75) is 43.0 Å². The fourth-order valence-corrected chi connectivity index (χ4v) is 4.41. The topological polar surface area (TPSA) is 61.4 Å². The van der Waals surface area contributed by atoms with Crippen LogP contribution in [0.2, 0.25) is 0 Å². The van der Waals surface area contributed by atoms with E-state index in [0.29, 0.717) is 19.5 Å². The molecule has 0 aliphatic carbocycles. The highest BCUT2D eigenvalue weighted by Gasteiger charge is 2.22. The van der Waals surface area contributed by atoms with Crippen molar-refractivity contribution in [1.82, 2.24) is 15.5 Å². The molecule has 5 nitrogen and oxygen atoms in total. The smallest absolute Gasteiger partial charge is 0.315 e. The van der Waals surface area contributed by atoms with Gasteiger partial charge in [0.2, 0.25) is 5.91 Å². The zero-order valence-electron chi connectivity index (χ0n) is 13.9. The molecule has 1 saturated heterocycles. The number of fused-ring (bicyclic) bond motifs is 1. The van der Waals surface area contributed by atoms with Gasteiger partial charge in [0, 0.05) is 36.7 Å². The van der Waals surface area contributed by atoms with E-state index in [9.17, 15) is 9.59 Å². The number of carbonyl (C=O) groups excluding carboxylic acids is 2. The van der Waals surface area contributed by atoms with Gasteiger partial charge in [0.05, 0.1) is 6.04 Å². The standard InChI is InChI=1S/C18H25N3O2S/c22-17-8-2-1-5-11-21(17)12-10-19-18(23)20-15-9-13-24-16-7-4-3-6-14(15)16/h3-4,6-7,15H,1-2,5,8-13H2,(H2,19,20,23)/t15-/m1/s1. The SMILES string of the molecule is O=C(NCCN1CCCCCC1=O)N[C@@H]1CCSc2ccccc21. The zero-order valence-corrected chi connectivity index (χ0v) is 14.7. The van der Waals surface area contributed by atoms with Gasteiger partial charge in [-0.3, -0.25) is 4.79 Å². The van der Waals surface area contributed by atoms with E-state index in [1.807, 2.05) is 28.8 Å². The van der Waals surface area contributed by atoms with Gasteiger partial charge in [0.15, 0.2) is 0 Å². The maximum Gasteiger partial charge on any atom is 0.315 e. The minimum Gasteiger partial charge on any atom is -0.341 e. The Morgan fingerprint density at radius 1 is 1.25 bits per heavy atom. The van der Waals surface area contributed by atoms with Crippen LogP contribution in [-0.4, -0.2) is 42.2 Å². The first-order valence-corrected chi connectivity index (χ1v) is 9.76. The molecule has 2 aliphatic heterocycles. The molecule has 2 heterocycles. The van der Waals surface area contributed by atoms with Crippen molar-refractivity contribution in [1.29, 1.82) is 0 Å². The highest BCUT2D eigenvalue weighted by atomic mass is 32.2. The lowest BCUT2D eigenvalue weighted by atomic mass is 10.0. The molecule has 2 aliphatic rings. The largest absolute Gasteiger partial charge is 0.341 e.